The van der Waals surface area contributed by atoms with Crippen molar-refractivity contribution >= 4 is 26.8 Å². The number of carboxylic acids is 1. The smallest absolute Gasteiger partial charge is 0.347 e. The molecule has 1 fully saturated rings. The third-order valence-corrected chi connectivity index (χ3v) is 2.92. The van der Waals surface area contributed by atoms with E-state index in [0.29, 0.717) is 0 Å². The molecule has 0 bridgehead atoms. The van der Waals surface area contributed by atoms with Crippen LogP contribution in [-0.4, -0.2) is 52.1 Å². The van der Waals surface area contributed by atoms with Crippen LogP contribution >= 0.6 is 8.73 Å². The second-order valence-electron chi connectivity index (χ2n) is 2.81. The average Bonchev–Trinajstić information content (AvgIpc) is 2.17. The molecular formula is C7H12N3O4P. The Balaban J connectivity index is 2.94. The maximum absolute atomic E-state index is 11.6. The van der Waals surface area contributed by atoms with Crippen molar-refractivity contribution in [3.63, 3.8) is 0 Å². The van der Waals surface area contributed by atoms with Gasteiger partial charge in [0.25, 0.3) is 0 Å². The molecule has 4 amide bonds. The lowest BCUT2D eigenvalue weighted by molar-refractivity contribution is -0.142. The first kappa shape index (κ1) is 11.7. The van der Waals surface area contributed by atoms with E-state index in [-0.39, 0.29) is 15.3 Å². The van der Waals surface area contributed by atoms with E-state index in [1.807, 2.05) is 0 Å². The first-order valence-corrected chi connectivity index (χ1v) is 5.79. The Hall–Kier alpha value is -1.36. The molecule has 7 nitrogen and oxygen atoms in total. The molecule has 1 rings (SSSR count). The zero-order valence-electron chi connectivity index (χ0n) is 8.35. The number of carbonyl (C=O) groups is 3. The van der Waals surface area contributed by atoms with E-state index in [0.717, 1.165) is 9.57 Å². The van der Waals surface area contributed by atoms with Gasteiger partial charge < -0.3 is 10.4 Å². The van der Waals surface area contributed by atoms with Crippen LogP contribution in [-0.2, 0) is 4.79 Å². The highest BCUT2D eigenvalue weighted by atomic mass is 31.1. The van der Waals surface area contributed by atoms with Gasteiger partial charge in [-0.05, 0) is 22.3 Å². The molecule has 15 heavy (non-hydrogen) atoms. The van der Waals surface area contributed by atoms with E-state index in [1.54, 1.807) is 13.6 Å². The number of urea groups is 2. The lowest BCUT2D eigenvalue weighted by atomic mass is 10.4. The van der Waals surface area contributed by atoms with E-state index < -0.39 is 24.2 Å². The minimum atomic E-state index is -1.25. The molecule has 8 heteroatoms. The standard InChI is InChI=1S/C7H12N3O4P/c1-3-9-6(13)8-4(5(11)12)10(15-2)7(9)14/h4,15H,3H2,1-2H3,(H,8,13)(H,11,12). The Morgan fingerprint density at radius 3 is 2.60 bits per heavy atom. The number of hydrogen-bond donors (Lipinski definition) is 2. The summed E-state index contributed by atoms with van der Waals surface area (Å²) < 4.78 is 1.12. The number of nitrogens with one attached hydrogen (secondary N) is 1. The van der Waals surface area contributed by atoms with Gasteiger partial charge in [-0.2, -0.15) is 0 Å². The Morgan fingerprint density at radius 2 is 2.20 bits per heavy atom. The molecule has 0 aromatic rings. The van der Waals surface area contributed by atoms with Crippen molar-refractivity contribution in [1.82, 2.24) is 14.9 Å². The van der Waals surface area contributed by atoms with Crippen molar-refractivity contribution in [2.75, 3.05) is 13.2 Å². The molecule has 84 valence electrons. The summed E-state index contributed by atoms with van der Waals surface area (Å²) in [7, 11) is -0.0143. The number of rotatable bonds is 3. The summed E-state index contributed by atoms with van der Waals surface area (Å²) in [6.07, 6.45) is -1.25. The summed E-state index contributed by atoms with van der Waals surface area (Å²) in [4.78, 5) is 34.7. The Kier molecular flexibility index (Phi) is 3.47. The molecule has 0 radical (unpaired) electrons. The molecule has 2 unspecified atom stereocenters. The molecule has 0 aliphatic carbocycles. The van der Waals surface area contributed by atoms with Gasteiger partial charge in [-0.15, -0.1) is 0 Å². The van der Waals surface area contributed by atoms with Crippen LogP contribution in [0, 0.1) is 0 Å². The van der Waals surface area contributed by atoms with Crippen LogP contribution < -0.4 is 5.32 Å². The lowest BCUT2D eigenvalue weighted by Gasteiger charge is -2.37. The fourth-order valence-electron chi connectivity index (χ4n) is 1.26. The second kappa shape index (κ2) is 4.44. The van der Waals surface area contributed by atoms with Gasteiger partial charge in [-0.1, -0.05) is 0 Å². The summed E-state index contributed by atoms with van der Waals surface area (Å²) in [5, 5.41) is 11.1. The Labute approximate surface area is 88.2 Å². The zero-order chi connectivity index (χ0) is 11.6. The fourth-order valence-corrected chi connectivity index (χ4v) is 2.01. The SMILES string of the molecule is CCN1C(=O)NC(C(=O)O)N(PC)C1=O. The van der Waals surface area contributed by atoms with E-state index in [9.17, 15) is 14.4 Å². The molecule has 1 saturated heterocycles. The topological polar surface area (TPSA) is 89.9 Å². The van der Waals surface area contributed by atoms with E-state index >= 15 is 0 Å². The summed E-state index contributed by atoms with van der Waals surface area (Å²) in [5.41, 5.74) is 0. The number of carbonyl (C=O) groups excluding carboxylic acids is 2. The third kappa shape index (κ3) is 2.02. The zero-order valence-corrected chi connectivity index (χ0v) is 9.35. The maximum Gasteiger partial charge on any atom is 0.347 e. The number of imide groups is 1. The fraction of sp³-hybridized carbons (Fsp3) is 0.571. The summed E-state index contributed by atoms with van der Waals surface area (Å²) in [5.74, 6) is -1.23. The summed E-state index contributed by atoms with van der Waals surface area (Å²) >= 11 is 0. The third-order valence-electron chi connectivity index (χ3n) is 1.99. The molecule has 0 saturated carbocycles. The average molecular weight is 233 g/mol. The summed E-state index contributed by atoms with van der Waals surface area (Å²) in [6.45, 7) is 3.55. The van der Waals surface area contributed by atoms with Gasteiger partial charge in [-0.25, -0.2) is 19.3 Å². The van der Waals surface area contributed by atoms with Gasteiger partial charge in [0.1, 0.15) is 0 Å². The largest absolute Gasteiger partial charge is 0.478 e. The molecule has 1 aliphatic rings. The van der Waals surface area contributed by atoms with Crippen molar-refractivity contribution in [2.45, 2.75) is 13.1 Å². The van der Waals surface area contributed by atoms with Crippen LogP contribution in [0.15, 0.2) is 0 Å². The van der Waals surface area contributed by atoms with Gasteiger partial charge in [-0.3, -0.25) is 4.67 Å². The van der Waals surface area contributed by atoms with Crippen molar-refractivity contribution in [2.24, 2.45) is 0 Å². The van der Waals surface area contributed by atoms with Crippen LogP contribution in [0.1, 0.15) is 6.92 Å². The number of aliphatic carboxylic acids is 1. The minimum absolute atomic E-state index is 0.0143. The molecular weight excluding hydrogens is 221 g/mol. The van der Waals surface area contributed by atoms with Crippen LogP contribution in [0.3, 0.4) is 0 Å². The Bertz CT molecular complexity index is 309. The summed E-state index contributed by atoms with van der Waals surface area (Å²) in [6, 6.07) is -1.22. The van der Waals surface area contributed by atoms with Crippen LogP contribution in [0.4, 0.5) is 9.59 Å². The quantitative estimate of drug-likeness (QED) is 0.676. The molecule has 1 heterocycles. The van der Waals surface area contributed by atoms with Crippen molar-refractivity contribution in [3.05, 3.63) is 0 Å². The van der Waals surface area contributed by atoms with E-state index in [4.69, 9.17) is 5.11 Å². The highest BCUT2D eigenvalue weighted by Crippen LogP contribution is 2.22. The minimum Gasteiger partial charge on any atom is -0.478 e. The van der Waals surface area contributed by atoms with Crippen molar-refractivity contribution in [1.29, 1.82) is 0 Å². The van der Waals surface area contributed by atoms with E-state index in [2.05, 4.69) is 5.32 Å². The number of amides is 4. The normalized spacial score (nSPS) is 22.4. The maximum atomic E-state index is 11.6. The molecule has 2 N–H and O–H groups in total. The monoisotopic (exact) mass is 233 g/mol. The van der Waals surface area contributed by atoms with Gasteiger partial charge in [0.05, 0.1) is 0 Å². The molecule has 0 aromatic carbocycles. The van der Waals surface area contributed by atoms with Crippen LogP contribution in [0.5, 0.6) is 0 Å². The van der Waals surface area contributed by atoms with Gasteiger partial charge in [0.2, 0.25) is 6.17 Å². The van der Waals surface area contributed by atoms with Gasteiger partial charge >= 0.3 is 18.0 Å². The van der Waals surface area contributed by atoms with Crippen LogP contribution in [0.2, 0.25) is 0 Å². The van der Waals surface area contributed by atoms with Crippen molar-refractivity contribution in [3.8, 4) is 0 Å². The van der Waals surface area contributed by atoms with Gasteiger partial charge in [0.15, 0.2) is 0 Å². The van der Waals surface area contributed by atoms with Crippen LogP contribution in [0.25, 0.3) is 0 Å². The van der Waals surface area contributed by atoms with Gasteiger partial charge in [0, 0.05) is 6.54 Å². The highest BCUT2D eigenvalue weighted by molar-refractivity contribution is 7.35. The van der Waals surface area contributed by atoms with E-state index in [1.165, 1.54) is 0 Å². The first-order valence-electron chi connectivity index (χ1n) is 4.34. The number of nitrogens with zero attached hydrogens (tertiary/aromatic N) is 2. The second-order valence-corrected chi connectivity index (χ2v) is 3.74. The molecule has 0 aromatic heterocycles. The first-order chi connectivity index (χ1) is 7.02. The molecule has 1 aliphatic heterocycles. The number of carboxylic acid groups (broad SMARTS) is 1. The molecule has 0 spiro atoms. The highest BCUT2D eigenvalue weighted by Gasteiger charge is 2.40. The lowest BCUT2D eigenvalue weighted by Crippen LogP contribution is -2.64. The Morgan fingerprint density at radius 1 is 1.60 bits per heavy atom. The predicted octanol–water partition coefficient (Wildman–Crippen LogP) is 0.0875. The number of hydrogen-bond acceptors (Lipinski definition) is 3. The van der Waals surface area contributed by atoms with Crippen molar-refractivity contribution < 1.29 is 19.5 Å². The predicted molar refractivity (Wildman–Crippen MR) is 53.8 cm³/mol. The molecule has 2 atom stereocenters.